The van der Waals surface area contributed by atoms with Gasteiger partial charge in [-0.1, -0.05) is 86.4 Å². The molecule has 2 heterocycles. The minimum Gasteiger partial charge on any atom is -0.488 e. The first-order valence-electron chi connectivity index (χ1n) is 20.0. The highest BCUT2D eigenvalue weighted by atomic mass is 35.5. The maximum atomic E-state index is 12.7. The quantitative estimate of drug-likeness (QED) is 0.0820. The Morgan fingerprint density at radius 1 is 0.667 bits per heavy atom. The largest absolute Gasteiger partial charge is 0.488 e. The minimum absolute atomic E-state index is 0. The van der Waals surface area contributed by atoms with Crippen molar-refractivity contribution < 1.29 is 35.9 Å². The van der Waals surface area contributed by atoms with Crippen molar-refractivity contribution in [1.29, 1.82) is 0 Å². The number of rotatable bonds is 17. The van der Waals surface area contributed by atoms with E-state index in [0.29, 0.717) is 24.3 Å². The Bertz CT molecular complexity index is 2450. The molecule has 0 radical (unpaired) electrons. The number of benzene rings is 3. The van der Waals surface area contributed by atoms with E-state index in [0.717, 1.165) is 16.7 Å². The molecule has 0 saturated heterocycles. The SMILES string of the molecule is C.CCC(CF)Oc1ccc(COc2cnn(C(C)(C)C)c(=O)c2Cl)cc1.CCC(COS(=O)(=O)c1ccc(C)cc1)Oc1ccc(COc2cnn(C(C)(C)C)c(=O)c2Cl)cc1. The van der Waals surface area contributed by atoms with Crippen LogP contribution in [0.4, 0.5) is 4.39 Å². The molecule has 17 heteroatoms. The lowest BCUT2D eigenvalue weighted by atomic mass is 10.1. The van der Waals surface area contributed by atoms with E-state index in [4.69, 9.17) is 46.3 Å². The summed E-state index contributed by atoms with van der Waals surface area (Å²) in [6, 6.07) is 20.8. The van der Waals surface area contributed by atoms with Crippen LogP contribution >= 0.6 is 23.2 Å². The zero-order valence-corrected chi connectivity index (χ0v) is 38.8. The Morgan fingerprint density at radius 2 is 1.06 bits per heavy atom. The summed E-state index contributed by atoms with van der Waals surface area (Å²) in [7, 11) is -3.87. The molecule has 0 N–H and O–H groups in total. The van der Waals surface area contributed by atoms with E-state index in [-0.39, 0.29) is 53.7 Å². The van der Waals surface area contributed by atoms with Crippen LogP contribution in [0.3, 0.4) is 0 Å². The van der Waals surface area contributed by atoms with Crippen LogP contribution in [0.15, 0.2) is 99.7 Å². The Balaban J connectivity index is 0.000000347. The summed E-state index contributed by atoms with van der Waals surface area (Å²) >= 11 is 12.3. The maximum Gasteiger partial charge on any atom is 0.297 e. The summed E-state index contributed by atoms with van der Waals surface area (Å²) in [5.74, 6) is 1.61. The van der Waals surface area contributed by atoms with Gasteiger partial charge < -0.3 is 18.9 Å². The van der Waals surface area contributed by atoms with Crippen LogP contribution in [-0.2, 0) is 38.6 Å². The third-order valence-electron chi connectivity index (χ3n) is 9.09. The molecule has 0 aliphatic rings. The second kappa shape index (κ2) is 23.1. The van der Waals surface area contributed by atoms with Crippen molar-refractivity contribution in [3.05, 3.63) is 133 Å². The number of aromatic nitrogens is 4. The van der Waals surface area contributed by atoms with E-state index < -0.39 is 51.2 Å². The molecule has 2 atom stereocenters. The molecule has 0 bridgehead atoms. The normalized spacial score (nSPS) is 12.6. The molecule has 0 saturated carbocycles. The van der Waals surface area contributed by atoms with E-state index in [1.54, 1.807) is 36.4 Å². The average molecular weight is 934 g/mol. The second-order valence-electron chi connectivity index (χ2n) is 16.3. The summed E-state index contributed by atoms with van der Waals surface area (Å²) < 4.78 is 68.2. The third-order valence-corrected chi connectivity index (χ3v) is 11.1. The molecule has 63 heavy (non-hydrogen) atoms. The lowest BCUT2D eigenvalue weighted by Gasteiger charge is -2.21. The molecule has 13 nitrogen and oxygen atoms in total. The number of alkyl halides is 1. The molecule has 2 unspecified atom stereocenters. The van der Waals surface area contributed by atoms with Crippen LogP contribution in [-0.4, -0.2) is 53.5 Å². The lowest BCUT2D eigenvalue weighted by Crippen LogP contribution is -2.36. The van der Waals surface area contributed by atoms with Crippen LogP contribution in [0.1, 0.15) is 92.3 Å². The van der Waals surface area contributed by atoms with Crippen LogP contribution in [0.2, 0.25) is 10.0 Å². The standard InChI is InChI=1S/C26H31ClN2O6S.C19H24ClFN2O3.CH4/c1-6-20(17-34-36(31,32)22-13-7-18(2)8-14-22)35-21-11-9-19(10-12-21)16-33-23-15-28-29(26(3,4)5)25(30)24(23)27;1-5-14(10-21)26-15-8-6-13(7-9-15)12-25-16-11-22-23(19(2,3)4)18(24)17(16)20;/h7-15,20H,6,16-17H2,1-5H3;6-9,11,14H,5,10,12H2,1-4H3;1H4. The fraction of sp³-hybridized carbons (Fsp3) is 0.435. The Labute approximate surface area is 380 Å². The summed E-state index contributed by atoms with van der Waals surface area (Å²) in [4.78, 5) is 24.9. The smallest absolute Gasteiger partial charge is 0.297 e. The van der Waals surface area contributed by atoms with Gasteiger partial charge in [0.25, 0.3) is 21.2 Å². The number of aryl methyl sites for hydroxylation is 1. The molecule has 0 fully saturated rings. The number of hydrogen-bond donors (Lipinski definition) is 0. The van der Waals surface area contributed by atoms with Gasteiger partial charge in [0.1, 0.15) is 50.2 Å². The van der Waals surface area contributed by atoms with Gasteiger partial charge >= 0.3 is 0 Å². The van der Waals surface area contributed by atoms with Crippen molar-refractivity contribution in [3.8, 4) is 23.0 Å². The first kappa shape index (κ1) is 52.4. The van der Waals surface area contributed by atoms with Gasteiger partial charge in [-0.2, -0.15) is 18.6 Å². The fourth-order valence-electron chi connectivity index (χ4n) is 5.43. The molecule has 5 aromatic rings. The molecular formula is C46H59Cl2FN4O9S. The molecule has 5 rings (SSSR count). The highest BCUT2D eigenvalue weighted by Crippen LogP contribution is 2.25. The number of hydrogen-bond acceptors (Lipinski definition) is 11. The van der Waals surface area contributed by atoms with Crippen LogP contribution < -0.4 is 30.1 Å². The fourth-order valence-corrected chi connectivity index (χ4v) is 6.73. The number of halogens is 3. The van der Waals surface area contributed by atoms with E-state index >= 15 is 0 Å². The minimum atomic E-state index is -3.87. The molecule has 344 valence electrons. The van der Waals surface area contributed by atoms with Crippen LogP contribution in [0.5, 0.6) is 23.0 Å². The first-order chi connectivity index (χ1) is 29.2. The van der Waals surface area contributed by atoms with Gasteiger partial charge in [0.15, 0.2) is 21.5 Å². The zero-order valence-electron chi connectivity index (χ0n) is 36.5. The average Bonchev–Trinajstić information content (AvgIpc) is 3.23. The zero-order chi connectivity index (χ0) is 45.8. The van der Waals surface area contributed by atoms with Crippen molar-refractivity contribution in [2.45, 2.75) is 124 Å². The maximum absolute atomic E-state index is 12.7. The highest BCUT2D eigenvalue weighted by Gasteiger charge is 2.22. The molecular weight excluding hydrogens is 874 g/mol. The monoisotopic (exact) mass is 932 g/mol. The van der Waals surface area contributed by atoms with Crippen LogP contribution in [0.25, 0.3) is 0 Å². The predicted octanol–water partition coefficient (Wildman–Crippen LogP) is 10.1. The predicted molar refractivity (Wildman–Crippen MR) is 245 cm³/mol. The van der Waals surface area contributed by atoms with Crippen molar-refractivity contribution >= 4 is 33.3 Å². The molecule has 0 spiro atoms. The Kier molecular flexibility index (Phi) is 19.2. The molecule has 0 aliphatic carbocycles. The summed E-state index contributed by atoms with van der Waals surface area (Å²) in [6.07, 6.45) is 3.15. The second-order valence-corrected chi connectivity index (χ2v) is 18.7. The summed E-state index contributed by atoms with van der Waals surface area (Å²) in [5, 5.41) is 8.27. The van der Waals surface area contributed by atoms with Crippen molar-refractivity contribution in [2.75, 3.05) is 13.3 Å². The molecule has 2 aromatic heterocycles. The first-order valence-corrected chi connectivity index (χ1v) is 22.2. The third kappa shape index (κ3) is 15.1. The van der Waals surface area contributed by atoms with E-state index in [1.165, 1.54) is 33.9 Å². The Morgan fingerprint density at radius 3 is 1.43 bits per heavy atom. The molecule has 0 amide bonds. The van der Waals surface area contributed by atoms with Gasteiger partial charge in [-0.25, -0.2) is 13.8 Å². The number of ether oxygens (including phenoxy) is 4. The molecule has 0 aliphatic heterocycles. The number of nitrogens with zero attached hydrogens (tertiary/aromatic N) is 4. The van der Waals surface area contributed by atoms with Gasteiger partial charge in [-0.05, 0) is 109 Å². The Hall–Kier alpha value is -4.96. The van der Waals surface area contributed by atoms with Gasteiger partial charge in [0.05, 0.1) is 28.4 Å². The van der Waals surface area contributed by atoms with Crippen molar-refractivity contribution in [3.63, 3.8) is 0 Å². The van der Waals surface area contributed by atoms with Gasteiger partial charge in [-0.3, -0.25) is 13.8 Å². The van der Waals surface area contributed by atoms with Crippen LogP contribution in [0, 0.1) is 6.92 Å². The highest BCUT2D eigenvalue weighted by molar-refractivity contribution is 7.86. The molecule has 3 aromatic carbocycles. The van der Waals surface area contributed by atoms with Gasteiger partial charge in [0.2, 0.25) is 0 Å². The van der Waals surface area contributed by atoms with E-state index in [9.17, 15) is 22.4 Å². The van der Waals surface area contributed by atoms with Gasteiger partial charge in [0, 0.05) is 0 Å². The topological polar surface area (TPSA) is 150 Å². The van der Waals surface area contributed by atoms with Crippen molar-refractivity contribution in [1.82, 2.24) is 19.6 Å². The summed E-state index contributed by atoms with van der Waals surface area (Å²) in [6.45, 7) is 16.6. The van der Waals surface area contributed by atoms with Gasteiger partial charge in [-0.15, -0.1) is 0 Å². The van der Waals surface area contributed by atoms with E-state index in [1.807, 2.05) is 86.6 Å². The van der Waals surface area contributed by atoms with Crippen molar-refractivity contribution in [2.24, 2.45) is 0 Å². The summed E-state index contributed by atoms with van der Waals surface area (Å²) in [5.41, 5.74) is 0.878. The van der Waals surface area contributed by atoms with E-state index in [2.05, 4.69) is 10.2 Å². The lowest BCUT2D eigenvalue weighted by molar-refractivity contribution is 0.128.